The van der Waals surface area contributed by atoms with Crippen LogP contribution in [0.1, 0.15) is 25.5 Å². The van der Waals surface area contributed by atoms with Crippen molar-refractivity contribution < 1.29 is 31.0 Å². The molecule has 134 valence electrons. The van der Waals surface area contributed by atoms with Crippen LogP contribution in [0.3, 0.4) is 0 Å². The average molecular weight is 377 g/mol. The maximum atomic E-state index is 12.0. The number of methoxy groups -OCH3 is 1. The normalized spacial score (nSPS) is 24.4. The molecule has 1 saturated heterocycles. The lowest BCUT2D eigenvalue weighted by atomic mass is 9.94. The first kappa shape index (κ1) is 17.3. The smallest absolute Gasteiger partial charge is 0.245 e. The Bertz CT molecular complexity index is 873. The zero-order chi connectivity index (χ0) is 18.1. The van der Waals surface area contributed by atoms with Crippen molar-refractivity contribution in [2.45, 2.75) is 31.7 Å². The largest absolute Gasteiger partial charge is 0.494 e. The summed E-state index contributed by atoms with van der Waals surface area (Å²) in [6, 6.07) is 2.93. The lowest BCUT2D eigenvalue weighted by molar-refractivity contribution is 0.0725. The van der Waals surface area contributed by atoms with E-state index >= 15 is 0 Å². The number of fused-ring (bicyclic) bond motifs is 3. The highest BCUT2D eigenvalue weighted by molar-refractivity contribution is 8.09. The number of epoxide rings is 1. The van der Waals surface area contributed by atoms with Crippen molar-refractivity contribution in [2.75, 3.05) is 23.3 Å². The lowest BCUT2D eigenvalue weighted by Gasteiger charge is -2.31. The Hall–Kier alpha value is -1.52. The van der Waals surface area contributed by atoms with Crippen molar-refractivity contribution in [1.82, 2.24) is 0 Å². The minimum atomic E-state index is -4.09. The van der Waals surface area contributed by atoms with E-state index in [4.69, 9.17) is 14.2 Å². The summed E-state index contributed by atoms with van der Waals surface area (Å²) >= 11 is 0. The maximum absolute atomic E-state index is 12.0. The van der Waals surface area contributed by atoms with Gasteiger partial charge in [-0.15, -0.1) is 0 Å². The Morgan fingerprint density at radius 1 is 1.12 bits per heavy atom. The van der Waals surface area contributed by atoms with Crippen LogP contribution in [0.5, 0.6) is 11.5 Å². The van der Waals surface area contributed by atoms with E-state index in [1.54, 1.807) is 6.07 Å². The monoisotopic (exact) mass is 377 g/mol. The third-order valence-corrected chi connectivity index (χ3v) is 7.19. The molecule has 2 aliphatic heterocycles. The minimum Gasteiger partial charge on any atom is -0.494 e. The fourth-order valence-electron chi connectivity index (χ4n) is 3.00. The molecule has 0 spiro atoms. The highest BCUT2D eigenvalue weighted by Crippen LogP contribution is 2.56. The summed E-state index contributed by atoms with van der Waals surface area (Å²) in [4.78, 5) is 0. The molecule has 0 amide bonds. The molecule has 0 saturated carbocycles. The molecule has 0 aromatic heterocycles. The predicted molar refractivity (Wildman–Crippen MR) is 87.5 cm³/mol. The van der Waals surface area contributed by atoms with Crippen LogP contribution >= 0.6 is 0 Å². The summed E-state index contributed by atoms with van der Waals surface area (Å²) < 4.78 is 65.2. The number of nitrogens with zero attached hydrogens (tertiary/aromatic N) is 1. The molecule has 0 aliphatic carbocycles. The van der Waals surface area contributed by atoms with Gasteiger partial charge in [-0.2, -0.15) is 3.71 Å². The standard InChI is InChI=1S/C14H19NO7S2/c1-14(2)13-12(21-13)8-6-11(20-3)9(7-10(8)22-14)15(23(4,16)17)24(5,18)19/h6-7,12-13H,1-5H3. The van der Waals surface area contributed by atoms with Crippen LogP contribution in [0, 0.1) is 0 Å². The number of hydrogen-bond donors (Lipinski definition) is 0. The van der Waals surface area contributed by atoms with Crippen molar-refractivity contribution in [1.29, 1.82) is 0 Å². The van der Waals surface area contributed by atoms with E-state index in [9.17, 15) is 16.8 Å². The van der Waals surface area contributed by atoms with Gasteiger partial charge in [0.15, 0.2) is 0 Å². The summed E-state index contributed by atoms with van der Waals surface area (Å²) in [5.41, 5.74) is 0.00267. The molecule has 0 N–H and O–H groups in total. The second-order valence-electron chi connectivity index (χ2n) is 6.47. The van der Waals surface area contributed by atoms with Crippen LogP contribution in [-0.2, 0) is 24.8 Å². The molecule has 24 heavy (non-hydrogen) atoms. The fraction of sp³-hybridized carbons (Fsp3) is 0.571. The third kappa shape index (κ3) is 2.72. The molecule has 3 rings (SSSR count). The van der Waals surface area contributed by atoms with E-state index in [1.165, 1.54) is 13.2 Å². The van der Waals surface area contributed by atoms with Gasteiger partial charge >= 0.3 is 0 Å². The highest BCUT2D eigenvalue weighted by Gasteiger charge is 2.57. The van der Waals surface area contributed by atoms with Crippen molar-refractivity contribution in [3.63, 3.8) is 0 Å². The van der Waals surface area contributed by atoms with Crippen LogP contribution < -0.4 is 13.2 Å². The van der Waals surface area contributed by atoms with Gasteiger partial charge in [0.1, 0.15) is 35.0 Å². The maximum Gasteiger partial charge on any atom is 0.245 e. The molecule has 2 heterocycles. The molecule has 1 fully saturated rings. The summed E-state index contributed by atoms with van der Waals surface area (Å²) in [5.74, 6) is 0.494. The number of benzene rings is 1. The van der Waals surface area contributed by atoms with Gasteiger partial charge in [0.2, 0.25) is 20.0 Å². The van der Waals surface area contributed by atoms with E-state index in [0.717, 1.165) is 12.5 Å². The molecule has 2 atom stereocenters. The number of anilines is 1. The Morgan fingerprint density at radius 3 is 2.21 bits per heavy atom. The Labute approximate surface area is 141 Å². The number of sulfonamides is 2. The second kappa shape index (κ2) is 4.99. The van der Waals surface area contributed by atoms with Crippen molar-refractivity contribution in [3.05, 3.63) is 17.7 Å². The molecule has 2 aliphatic rings. The SMILES string of the molecule is COc1cc2c(cc1N(S(C)(=O)=O)S(C)(=O)=O)OC(C)(C)C1OC21. The number of ether oxygens (including phenoxy) is 3. The van der Waals surface area contributed by atoms with E-state index in [-0.39, 0.29) is 23.6 Å². The molecular weight excluding hydrogens is 358 g/mol. The minimum absolute atomic E-state index is 0.0959. The summed E-state index contributed by atoms with van der Waals surface area (Å²) in [6.45, 7) is 3.71. The third-order valence-electron chi connectivity index (χ3n) is 3.97. The van der Waals surface area contributed by atoms with E-state index in [0.29, 0.717) is 15.0 Å². The Kier molecular flexibility index (Phi) is 3.60. The zero-order valence-electron chi connectivity index (χ0n) is 13.9. The first-order valence-electron chi connectivity index (χ1n) is 7.13. The van der Waals surface area contributed by atoms with Crippen LogP contribution in [0.2, 0.25) is 0 Å². The van der Waals surface area contributed by atoms with Crippen LogP contribution in [0.4, 0.5) is 5.69 Å². The lowest BCUT2D eigenvalue weighted by Crippen LogP contribution is -2.38. The second-order valence-corrected chi connectivity index (χ2v) is 10.4. The molecular formula is C14H19NO7S2. The molecule has 0 bridgehead atoms. The average Bonchev–Trinajstić information content (AvgIpc) is 3.15. The van der Waals surface area contributed by atoms with Gasteiger partial charge in [0.25, 0.3) is 0 Å². The Balaban J connectivity index is 2.23. The topological polar surface area (TPSA) is 103 Å². The highest BCUT2D eigenvalue weighted by atomic mass is 32.3. The first-order chi connectivity index (χ1) is 10.9. The van der Waals surface area contributed by atoms with Gasteiger partial charge in [0.05, 0.1) is 19.6 Å². The molecule has 1 aromatic carbocycles. The van der Waals surface area contributed by atoms with Gasteiger partial charge < -0.3 is 14.2 Å². The fourth-order valence-corrected chi connectivity index (χ4v) is 5.97. The van der Waals surface area contributed by atoms with E-state index < -0.39 is 25.6 Å². The number of rotatable bonds is 4. The molecule has 0 radical (unpaired) electrons. The van der Waals surface area contributed by atoms with Gasteiger partial charge in [-0.25, -0.2) is 16.8 Å². The number of hydrogen-bond acceptors (Lipinski definition) is 7. The zero-order valence-corrected chi connectivity index (χ0v) is 15.6. The van der Waals surface area contributed by atoms with E-state index in [2.05, 4.69) is 0 Å². The predicted octanol–water partition coefficient (Wildman–Crippen LogP) is 1.03. The van der Waals surface area contributed by atoms with Crippen LogP contribution in [0.15, 0.2) is 12.1 Å². The molecule has 1 aromatic rings. The van der Waals surface area contributed by atoms with Crippen molar-refractivity contribution >= 4 is 25.7 Å². The van der Waals surface area contributed by atoms with Gasteiger partial charge in [0, 0.05) is 11.6 Å². The molecule has 8 nitrogen and oxygen atoms in total. The summed E-state index contributed by atoms with van der Waals surface area (Å²) in [5, 5.41) is 0. The van der Waals surface area contributed by atoms with Gasteiger partial charge in [-0.05, 0) is 19.9 Å². The molecule has 10 heteroatoms. The Morgan fingerprint density at radius 2 is 1.71 bits per heavy atom. The van der Waals surface area contributed by atoms with Crippen LogP contribution in [0.25, 0.3) is 0 Å². The summed E-state index contributed by atoms with van der Waals surface area (Å²) in [6.07, 6.45) is 1.37. The molecule has 2 unspecified atom stereocenters. The quantitative estimate of drug-likeness (QED) is 0.722. The van der Waals surface area contributed by atoms with Crippen LogP contribution in [-0.4, -0.2) is 48.2 Å². The van der Waals surface area contributed by atoms with E-state index in [1.807, 2.05) is 13.8 Å². The van der Waals surface area contributed by atoms with Crippen molar-refractivity contribution in [3.8, 4) is 11.5 Å². The summed E-state index contributed by atoms with van der Waals surface area (Å²) in [7, 11) is -6.84. The van der Waals surface area contributed by atoms with Gasteiger partial charge in [-0.1, -0.05) is 0 Å². The van der Waals surface area contributed by atoms with Crippen molar-refractivity contribution in [2.24, 2.45) is 0 Å². The van der Waals surface area contributed by atoms with Gasteiger partial charge in [-0.3, -0.25) is 0 Å². The first-order valence-corrected chi connectivity index (χ1v) is 10.8.